The van der Waals surface area contributed by atoms with Gasteiger partial charge in [-0.25, -0.2) is 8.42 Å². The van der Waals surface area contributed by atoms with Gasteiger partial charge in [0.2, 0.25) is 10.0 Å². The fourth-order valence-corrected chi connectivity index (χ4v) is 3.05. The van der Waals surface area contributed by atoms with Crippen molar-refractivity contribution in [2.45, 2.75) is 17.9 Å². The summed E-state index contributed by atoms with van der Waals surface area (Å²) >= 11 is 3.17. The summed E-state index contributed by atoms with van der Waals surface area (Å²) in [6.45, 7) is 4.50. The van der Waals surface area contributed by atoms with Crippen LogP contribution in [0.15, 0.2) is 46.3 Å². The number of benzene rings is 1. The van der Waals surface area contributed by atoms with Gasteiger partial charge in [0, 0.05) is 11.0 Å². The van der Waals surface area contributed by atoms with Gasteiger partial charge in [0.25, 0.3) is 5.91 Å². The number of carbonyl (C=O) groups excluding carboxylic acids is 2. The first-order valence-electron chi connectivity index (χ1n) is 6.59. The summed E-state index contributed by atoms with van der Waals surface area (Å²) in [5.74, 6) is -1.35. The second kappa shape index (κ2) is 8.80. The van der Waals surface area contributed by atoms with Crippen molar-refractivity contribution in [2.24, 2.45) is 0 Å². The van der Waals surface area contributed by atoms with Crippen LogP contribution < -0.4 is 10.0 Å². The second-order valence-electron chi connectivity index (χ2n) is 4.45. The van der Waals surface area contributed by atoms with E-state index in [2.05, 4.69) is 32.5 Å². The molecule has 2 N–H and O–H groups in total. The number of amides is 1. The van der Waals surface area contributed by atoms with Crippen molar-refractivity contribution in [2.75, 3.05) is 13.1 Å². The Bertz CT molecular complexity index is 690. The molecule has 1 rings (SSSR count). The molecular formula is C14H17BrN2O5S. The summed E-state index contributed by atoms with van der Waals surface area (Å²) in [5, 5.41) is 2.46. The van der Waals surface area contributed by atoms with Crippen LogP contribution in [-0.2, 0) is 24.3 Å². The third-order valence-electron chi connectivity index (χ3n) is 2.61. The Morgan fingerprint density at radius 2 is 2.13 bits per heavy atom. The molecule has 1 aromatic carbocycles. The Labute approximate surface area is 143 Å². The molecule has 23 heavy (non-hydrogen) atoms. The summed E-state index contributed by atoms with van der Waals surface area (Å²) in [4.78, 5) is 23.1. The average Bonchev–Trinajstić information content (AvgIpc) is 2.50. The number of carbonyl (C=O) groups is 2. The van der Waals surface area contributed by atoms with E-state index in [0.717, 1.165) is 0 Å². The molecule has 0 radical (unpaired) electrons. The molecule has 0 saturated carbocycles. The van der Waals surface area contributed by atoms with E-state index < -0.39 is 34.5 Å². The number of esters is 1. The van der Waals surface area contributed by atoms with Crippen molar-refractivity contribution in [1.29, 1.82) is 0 Å². The number of sulfonamides is 1. The molecule has 0 fully saturated rings. The molecule has 9 heteroatoms. The topological polar surface area (TPSA) is 102 Å². The van der Waals surface area contributed by atoms with E-state index in [1.807, 2.05) is 0 Å². The van der Waals surface area contributed by atoms with Crippen LogP contribution in [-0.4, -0.2) is 39.5 Å². The normalized spacial score (nSPS) is 12.3. The largest absolute Gasteiger partial charge is 0.452 e. The third kappa shape index (κ3) is 6.51. The van der Waals surface area contributed by atoms with Gasteiger partial charge < -0.3 is 10.1 Å². The van der Waals surface area contributed by atoms with Crippen LogP contribution in [0, 0.1) is 0 Å². The van der Waals surface area contributed by atoms with E-state index in [1.165, 1.54) is 25.1 Å². The van der Waals surface area contributed by atoms with Crippen LogP contribution >= 0.6 is 15.9 Å². The zero-order chi connectivity index (χ0) is 17.5. The molecule has 7 nitrogen and oxygen atoms in total. The SMILES string of the molecule is C=CCNC(=O)[C@H](C)OC(=O)CNS(=O)(=O)c1cccc(Br)c1. The number of ether oxygens (including phenoxy) is 1. The number of nitrogens with one attached hydrogen (secondary N) is 2. The van der Waals surface area contributed by atoms with Crippen LogP contribution in [0.5, 0.6) is 0 Å². The molecule has 0 unspecified atom stereocenters. The first kappa shape index (κ1) is 19.3. The molecule has 0 spiro atoms. The lowest BCUT2D eigenvalue weighted by Crippen LogP contribution is -2.38. The van der Waals surface area contributed by atoms with E-state index in [4.69, 9.17) is 4.74 Å². The molecule has 1 atom stereocenters. The highest BCUT2D eigenvalue weighted by Gasteiger charge is 2.20. The second-order valence-corrected chi connectivity index (χ2v) is 7.13. The van der Waals surface area contributed by atoms with Crippen molar-refractivity contribution in [3.63, 3.8) is 0 Å². The molecule has 0 aromatic heterocycles. The average molecular weight is 405 g/mol. The van der Waals surface area contributed by atoms with Crippen molar-refractivity contribution >= 4 is 37.8 Å². The van der Waals surface area contributed by atoms with Crippen molar-refractivity contribution in [3.05, 3.63) is 41.4 Å². The van der Waals surface area contributed by atoms with E-state index in [1.54, 1.807) is 12.1 Å². The molecule has 126 valence electrons. The quantitative estimate of drug-likeness (QED) is 0.496. The summed E-state index contributed by atoms with van der Waals surface area (Å²) in [6.07, 6.45) is 0.455. The molecule has 0 bridgehead atoms. The van der Waals surface area contributed by atoms with Crippen molar-refractivity contribution < 1.29 is 22.7 Å². The van der Waals surface area contributed by atoms with Gasteiger partial charge in [0.1, 0.15) is 6.54 Å². The minimum absolute atomic E-state index is 0.0106. The zero-order valence-electron chi connectivity index (χ0n) is 12.4. The molecule has 0 saturated heterocycles. The Kier molecular flexibility index (Phi) is 7.40. The van der Waals surface area contributed by atoms with Crippen LogP contribution in [0.3, 0.4) is 0 Å². The van der Waals surface area contributed by atoms with E-state index in [-0.39, 0.29) is 11.4 Å². The fraction of sp³-hybridized carbons (Fsp3) is 0.286. The molecule has 0 aliphatic heterocycles. The van der Waals surface area contributed by atoms with Crippen LogP contribution in [0.1, 0.15) is 6.92 Å². The lowest BCUT2D eigenvalue weighted by Gasteiger charge is -2.13. The third-order valence-corrected chi connectivity index (χ3v) is 4.50. The fourth-order valence-electron chi connectivity index (χ4n) is 1.48. The van der Waals surface area contributed by atoms with Gasteiger partial charge in [0.05, 0.1) is 4.90 Å². The maximum Gasteiger partial charge on any atom is 0.321 e. The van der Waals surface area contributed by atoms with E-state index in [9.17, 15) is 18.0 Å². The molecule has 1 amide bonds. The predicted molar refractivity (Wildman–Crippen MR) is 88.1 cm³/mol. The lowest BCUT2D eigenvalue weighted by atomic mass is 10.3. The molecule has 0 heterocycles. The zero-order valence-corrected chi connectivity index (χ0v) is 14.8. The summed E-state index contributed by atoms with van der Waals surface area (Å²) in [5.41, 5.74) is 0. The summed E-state index contributed by atoms with van der Waals surface area (Å²) < 4.78 is 31.6. The number of rotatable bonds is 8. The first-order chi connectivity index (χ1) is 10.8. The van der Waals surface area contributed by atoms with Crippen molar-refractivity contribution in [1.82, 2.24) is 10.0 Å². The van der Waals surface area contributed by atoms with Crippen LogP contribution in [0.2, 0.25) is 0 Å². The van der Waals surface area contributed by atoms with Gasteiger partial charge in [-0.3, -0.25) is 9.59 Å². The summed E-state index contributed by atoms with van der Waals surface area (Å²) in [6, 6.07) is 6.03. The van der Waals surface area contributed by atoms with Gasteiger partial charge >= 0.3 is 5.97 Å². The highest BCUT2D eigenvalue weighted by atomic mass is 79.9. The van der Waals surface area contributed by atoms with Gasteiger partial charge in [0.15, 0.2) is 6.10 Å². The molecule has 1 aromatic rings. The van der Waals surface area contributed by atoms with Crippen molar-refractivity contribution in [3.8, 4) is 0 Å². The summed E-state index contributed by atoms with van der Waals surface area (Å²) in [7, 11) is -3.84. The Morgan fingerprint density at radius 3 is 2.74 bits per heavy atom. The van der Waals surface area contributed by atoms with Gasteiger partial charge in [-0.15, -0.1) is 6.58 Å². The van der Waals surface area contributed by atoms with Gasteiger partial charge in [-0.05, 0) is 25.1 Å². The number of hydrogen-bond donors (Lipinski definition) is 2. The Hall–Kier alpha value is -1.71. The minimum atomic E-state index is -3.84. The van der Waals surface area contributed by atoms with Gasteiger partial charge in [-0.1, -0.05) is 28.1 Å². The maximum absolute atomic E-state index is 12.0. The molecule has 0 aliphatic rings. The monoisotopic (exact) mass is 404 g/mol. The highest BCUT2D eigenvalue weighted by molar-refractivity contribution is 9.10. The van der Waals surface area contributed by atoms with E-state index >= 15 is 0 Å². The highest BCUT2D eigenvalue weighted by Crippen LogP contribution is 2.15. The van der Waals surface area contributed by atoms with Gasteiger partial charge in [-0.2, -0.15) is 4.72 Å². The van der Waals surface area contributed by atoms with Crippen LogP contribution in [0.25, 0.3) is 0 Å². The Morgan fingerprint density at radius 1 is 1.43 bits per heavy atom. The number of hydrogen-bond acceptors (Lipinski definition) is 5. The predicted octanol–water partition coefficient (Wildman–Crippen LogP) is 0.961. The Balaban J connectivity index is 2.55. The van der Waals surface area contributed by atoms with E-state index in [0.29, 0.717) is 4.47 Å². The smallest absolute Gasteiger partial charge is 0.321 e. The lowest BCUT2D eigenvalue weighted by molar-refractivity contribution is -0.153. The first-order valence-corrected chi connectivity index (χ1v) is 8.87. The number of halogens is 1. The minimum Gasteiger partial charge on any atom is -0.452 e. The maximum atomic E-state index is 12.0. The standard InChI is InChI=1S/C14H17BrN2O5S/c1-3-7-16-14(19)10(2)22-13(18)9-17-23(20,21)12-6-4-5-11(15)8-12/h3-6,8,10,17H,1,7,9H2,2H3,(H,16,19)/t10-/m0/s1. The molecule has 0 aliphatic carbocycles. The van der Waals surface area contributed by atoms with Crippen LogP contribution in [0.4, 0.5) is 0 Å². The molecular weight excluding hydrogens is 388 g/mol.